The maximum atomic E-state index is 12.7. The van der Waals surface area contributed by atoms with Crippen molar-refractivity contribution < 1.29 is 4.79 Å². The molecule has 126 valence electrons. The van der Waals surface area contributed by atoms with E-state index < -0.39 is 5.56 Å². The summed E-state index contributed by atoms with van der Waals surface area (Å²) in [6.45, 7) is 2.03. The molecule has 1 heterocycles. The second kappa shape index (κ2) is 7.57. The van der Waals surface area contributed by atoms with Gasteiger partial charge in [-0.3, -0.25) is 9.59 Å². The lowest BCUT2D eigenvalue weighted by molar-refractivity contribution is 0.0976. The first-order valence-corrected chi connectivity index (χ1v) is 8.73. The third-order valence-electron chi connectivity index (χ3n) is 4.25. The predicted molar refractivity (Wildman–Crippen MR) is 101 cm³/mol. The van der Waals surface area contributed by atoms with Crippen molar-refractivity contribution in [3.8, 4) is 0 Å². The fourth-order valence-electron chi connectivity index (χ4n) is 2.94. The highest BCUT2D eigenvalue weighted by Gasteiger charge is 2.22. The van der Waals surface area contributed by atoms with Crippen LogP contribution in [0.1, 0.15) is 39.4 Å². The van der Waals surface area contributed by atoms with Crippen molar-refractivity contribution in [1.82, 2.24) is 10.2 Å². The van der Waals surface area contributed by atoms with Gasteiger partial charge in [0, 0.05) is 23.0 Å². The van der Waals surface area contributed by atoms with Gasteiger partial charge in [0.05, 0.1) is 5.56 Å². The number of carbonyl (C=O) groups excluding carboxylic acids is 1. The monoisotopic (exact) mass is 396 g/mol. The molecule has 25 heavy (non-hydrogen) atoms. The van der Waals surface area contributed by atoms with Gasteiger partial charge >= 0.3 is 0 Å². The Morgan fingerprint density at radius 2 is 1.84 bits per heavy atom. The quantitative estimate of drug-likeness (QED) is 0.655. The Labute approximate surface area is 154 Å². The fourth-order valence-corrected chi connectivity index (χ4v) is 3.20. The van der Waals surface area contributed by atoms with Gasteiger partial charge in [0.2, 0.25) is 0 Å². The molecule has 0 aliphatic rings. The standard InChI is InChI=1S/C20H17BrN2O2/c1-13-4-2-3-5-16(13)18(14-6-8-15(21)9-7-14)12-19(24)17-10-11-22-23-20(17)25/h2-11,18H,12H2,1H3,(H,23,25)/t18-/m0/s1. The van der Waals surface area contributed by atoms with Crippen LogP contribution >= 0.6 is 15.9 Å². The molecule has 0 unspecified atom stereocenters. The van der Waals surface area contributed by atoms with Gasteiger partial charge in [-0.1, -0.05) is 52.3 Å². The molecule has 4 nitrogen and oxygen atoms in total. The second-order valence-electron chi connectivity index (χ2n) is 5.89. The van der Waals surface area contributed by atoms with Crippen molar-refractivity contribution in [2.24, 2.45) is 0 Å². The Hall–Kier alpha value is -2.53. The van der Waals surface area contributed by atoms with Crippen molar-refractivity contribution in [3.05, 3.63) is 97.9 Å². The number of benzene rings is 2. The molecule has 3 rings (SSSR count). The van der Waals surface area contributed by atoms with Crippen LogP contribution in [0, 0.1) is 6.92 Å². The summed E-state index contributed by atoms with van der Waals surface area (Å²) in [7, 11) is 0. The van der Waals surface area contributed by atoms with Gasteiger partial charge in [-0.2, -0.15) is 5.10 Å². The van der Waals surface area contributed by atoms with E-state index in [9.17, 15) is 9.59 Å². The number of ketones is 1. The summed E-state index contributed by atoms with van der Waals surface area (Å²) < 4.78 is 0.983. The Morgan fingerprint density at radius 1 is 1.12 bits per heavy atom. The van der Waals surface area contributed by atoms with Crippen molar-refractivity contribution in [2.45, 2.75) is 19.3 Å². The molecule has 0 aliphatic heterocycles. The van der Waals surface area contributed by atoms with E-state index in [4.69, 9.17) is 0 Å². The lowest BCUT2D eigenvalue weighted by Crippen LogP contribution is -2.20. The third kappa shape index (κ3) is 3.94. The molecule has 2 aromatic carbocycles. The summed E-state index contributed by atoms with van der Waals surface area (Å²) in [4.78, 5) is 24.6. The Morgan fingerprint density at radius 3 is 2.52 bits per heavy atom. The highest BCUT2D eigenvalue weighted by Crippen LogP contribution is 2.32. The number of hydrogen-bond acceptors (Lipinski definition) is 3. The van der Waals surface area contributed by atoms with E-state index >= 15 is 0 Å². The zero-order chi connectivity index (χ0) is 17.8. The van der Waals surface area contributed by atoms with Gasteiger partial charge in [0.25, 0.3) is 5.56 Å². The molecule has 1 aromatic heterocycles. The third-order valence-corrected chi connectivity index (χ3v) is 4.78. The Bertz CT molecular complexity index is 948. The Balaban J connectivity index is 2.01. The van der Waals surface area contributed by atoms with E-state index in [0.29, 0.717) is 0 Å². The van der Waals surface area contributed by atoms with Gasteiger partial charge in [0.15, 0.2) is 5.78 Å². The molecule has 0 radical (unpaired) electrons. The normalized spacial score (nSPS) is 11.9. The van der Waals surface area contributed by atoms with Crippen LogP contribution in [0.4, 0.5) is 0 Å². The summed E-state index contributed by atoms with van der Waals surface area (Å²) in [5.74, 6) is -0.311. The number of carbonyl (C=O) groups is 1. The number of hydrogen-bond donors (Lipinski definition) is 1. The van der Waals surface area contributed by atoms with E-state index in [1.54, 1.807) is 0 Å². The minimum absolute atomic E-state index is 0.116. The number of halogens is 1. The molecule has 3 aromatic rings. The number of rotatable bonds is 5. The second-order valence-corrected chi connectivity index (χ2v) is 6.80. The maximum Gasteiger partial charge on any atom is 0.275 e. The highest BCUT2D eigenvalue weighted by molar-refractivity contribution is 9.10. The number of aromatic nitrogens is 2. The predicted octanol–water partition coefficient (Wildman–Crippen LogP) is 4.25. The fraction of sp³-hybridized carbons (Fsp3) is 0.150. The van der Waals surface area contributed by atoms with Crippen molar-refractivity contribution >= 4 is 21.7 Å². The summed E-state index contributed by atoms with van der Waals surface area (Å²) >= 11 is 3.44. The zero-order valence-corrected chi connectivity index (χ0v) is 15.3. The summed E-state index contributed by atoms with van der Waals surface area (Å²) in [5.41, 5.74) is 2.93. The topological polar surface area (TPSA) is 62.8 Å². The van der Waals surface area contributed by atoms with Crippen molar-refractivity contribution in [2.75, 3.05) is 0 Å². The van der Waals surface area contributed by atoms with E-state index in [1.807, 2.05) is 55.5 Å². The van der Waals surface area contributed by atoms with E-state index in [0.717, 1.165) is 21.2 Å². The first kappa shape index (κ1) is 17.3. The molecule has 0 spiro atoms. The molecule has 0 aliphatic carbocycles. The smallest absolute Gasteiger partial charge is 0.275 e. The number of H-pyrrole nitrogens is 1. The van der Waals surface area contributed by atoms with E-state index in [2.05, 4.69) is 26.1 Å². The minimum Gasteiger partial charge on any atom is -0.294 e. The van der Waals surface area contributed by atoms with Crippen molar-refractivity contribution in [1.29, 1.82) is 0 Å². The Kier molecular flexibility index (Phi) is 5.24. The first-order chi connectivity index (χ1) is 12.1. The average molecular weight is 397 g/mol. The number of aryl methyl sites for hydroxylation is 1. The van der Waals surface area contributed by atoms with Crippen LogP contribution in [0.15, 0.2) is 70.1 Å². The molecule has 0 saturated carbocycles. The van der Waals surface area contributed by atoms with Crippen LogP contribution < -0.4 is 5.56 Å². The minimum atomic E-state index is -0.452. The molecule has 0 bridgehead atoms. The van der Waals surface area contributed by atoms with Crippen LogP contribution in [0.5, 0.6) is 0 Å². The molecule has 5 heteroatoms. The van der Waals surface area contributed by atoms with Gasteiger partial charge < -0.3 is 0 Å². The molecule has 0 amide bonds. The van der Waals surface area contributed by atoms with Crippen LogP contribution in [0.25, 0.3) is 0 Å². The van der Waals surface area contributed by atoms with E-state index in [-0.39, 0.29) is 23.7 Å². The lowest BCUT2D eigenvalue weighted by atomic mass is 9.84. The largest absolute Gasteiger partial charge is 0.294 e. The van der Waals surface area contributed by atoms with E-state index in [1.165, 1.54) is 12.3 Å². The zero-order valence-electron chi connectivity index (χ0n) is 13.7. The highest BCUT2D eigenvalue weighted by atomic mass is 79.9. The van der Waals surface area contributed by atoms with Gasteiger partial charge in [-0.25, -0.2) is 5.10 Å². The molecule has 0 saturated heterocycles. The van der Waals surface area contributed by atoms with Crippen LogP contribution in [-0.4, -0.2) is 16.0 Å². The first-order valence-electron chi connectivity index (χ1n) is 7.94. The van der Waals surface area contributed by atoms with Gasteiger partial charge in [-0.15, -0.1) is 0 Å². The number of nitrogens with one attached hydrogen (secondary N) is 1. The van der Waals surface area contributed by atoms with Crippen LogP contribution in [0.2, 0.25) is 0 Å². The van der Waals surface area contributed by atoms with Crippen LogP contribution in [-0.2, 0) is 0 Å². The summed E-state index contributed by atoms with van der Waals surface area (Å²) in [5, 5.41) is 5.97. The molecule has 1 atom stereocenters. The SMILES string of the molecule is Cc1ccccc1[C@@H](CC(=O)c1ccn[nH]c1=O)c1ccc(Br)cc1. The molecule has 0 fully saturated rings. The number of Topliss-reactive ketones (excluding diaryl/α,β-unsaturated/α-hetero) is 1. The number of nitrogens with zero attached hydrogens (tertiary/aromatic N) is 1. The summed E-state index contributed by atoms with van der Waals surface area (Å²) in [6, 6.07) is 17.4. The van der Waals surface area contributed by atoms with Crippen LogP contribution in [0.3, 0.4) is 0 Å². The molecular formula is C20H17BrN2O2. The summed E-state index contributed by atoms with van der Waals surface area (Å²) in [6.07, 6.45) is 1.65. The lowest BCUT2D eigenvalue weighted by Gasteiger charge is -2.19. The maximum absolute atomic E-state index is 12.7. The average Bonchev–Trinajstić information content (AvgIpc) is 2.61. The molecular weight excluding hydrogens is 380 g/mol. The van der Waals surface area contributed by atoms with Gasteiger partial charge in [-0.05, 0) is 41.8 Å². The number of aromatic amines is 1. The van der Waals surface area contributed by atoms with Gasteiger partial charge in [0.1, 0.15) is 0 Å². The van der Waals surface area contributed by atoms with Crippen molar-refractivity contribution in [3.63, 3.8) is 0 Å². The molecule has 1 N–H and O–H groups in total.